The van der Waals surface area contributed by atoms with Crippen LogP contribution in [0.2, 0.25) is 0 Å². The van der Waals surface area contributed by atoms with Crippen molar-refractivity contribution >= 4 is 33.4 Å². The van der Waals surface area contributed by atoms with Crippen molar-refractivity contribution in [2.75, 3.05) is 7.11 Å². The number of aromatic nitrogens is 3. The van der Waals surface area contributed by atoms with E-state index in [1.54, 1.807) is 21.5 Å². The highest BCUT2D eigenvalue weighted by atomic mass is 32.1. The van der Waals surface area contributed by atoms with E-state index in [9.17, 15) is 9.59 Å². The molecule has 8 heteroatoms. The molecule has 2 heterocycles. The highest BCUT2D eigenvalue weighted by Gasteiger charge is 2.14. The number of hydrogen-bond donors (Lipinski definition) is 0. The molecule has 7 nitrogen and oxygen atoms in total. The largest absolute Gasteiger partial charge is 0.468 e. The molecule has 0 radical (unpaired) electrons. The van der Waals surface area contributed by atoms with Crippen LogP contribution in [0.15, 0.2) is 35.5 Å². The molecular weight excluding hydrogens is 364 g/mol. The molecule has 1 amide bonds. The summed E-state index contributed by atoms with van der Waals surface area (Å²) in [6.45, 7) is 6.05. The molecule has 0 aliphatic carbocycles. The molecule has 1 aromatic carbocycles. The van der Waals surface area contributed by atoms with Gasteiger partial charge < -0.3 is 9.30 Å². The Morgan fingerprint density at radius 3 is 2.70 bits per heavy atom. The molecule has 0 atom stereocenters. The van der Waals surface area contributed by atoms with Crippen LogP contribution in [0.4, 0.5) is 0 Å². The number of nitrogens with zero attached hydrogens (tertiary/aromatic N) is 4. The lowest BCUT2D eigenvalue weighted by Gasteiger charge is -2.04. The lowest BCUT2D eigenvalue weighted by Crippen LogP contribution is -2.22. The monoisotopic (exact) mass is 386 g/mol. The number of fused-ring (bicyclic) bond motifs is 1. The van der Waals surface area contributed by atoms with Gasteiger partial charge in [-0.1, -0.05) is 24.3 Å². The normalized spacial score (nSPS) is 12.1. The number of carbonyl (C=O) groups is 2. The summed E-state index contributed by atoms with van der Waals surface area (Å²) in [4.78, 5) is 29.1. The number of ether oxygens (including phenoxy) is 1. The van der Waals surface area contributed by atoms with Crippen molar-refractivity contribution in [3.63, 3.8) is 0 Å². The van der Waals surface area contributed by atoms with Crippen LogP contribution in [0.1, 0.15) is 42.9 Å². The van der Waals surface area contributed by atoms with Gasteiger partial charge in [0.15, 0.2) is 10.5 Å². The number of esters is 1. The van der Waals surface area contributed by atoms with Gasteiger partial charge in [-0.3, -0.25) is 14.3 Å². The van der Waals surface area contributed by atoms with Crippen LogP contribution in [0.3, 0.4) is 0 Å². The molecule has 0 aliphatic heterocycles. The summed E-state index contributed by atoms with van der Waals surface area (Å²) >= 11 is 1.38. The molecule has 0 bridgehead atoms. The topological polar surface area (TPSA) is 78.5 Å². The molecule has 27 heavy (non-hydrogen) atoms. The van der Waals surface area contributed by atoms with Crippen LogP contribution in [-0.4, -0.2) is 33.3 Å². The molecule has 3 aromatic rings. The van der Waals surface area contributed by atoms with Gasteiger partial charge in [-0.15, -0.1) is 0 Å². The minimum atomic E-state index is -0.435. The van der Waals surface area contributed by atoms with Gasteiger partial charge in [0.2, 0.25) is 0 Å². The standard InChI is InChI=1S/C19H22N4O3S/c1-5-13-6-7-15-16(10-13)27-19(22(15)11-17(24)26-4)20-18(25)14-8-9-23(21-14)12(2)3/h6-10,12H,5,11H2,1-4H3. The van der Waals surface area contributed by atoms with Crippen molar-refractivity contribution in [1.29, 1.82) is 0 Å². The fourth-order valence-electron chi connectivity index (χ4n) is 2.65. The van der Waals surface area contributed by atoms with Crippen molar-refractivity contribution in [2.24, 2.45) is 4.99 Å². The van der Waals surface area contributed by atoms with Crippen LogP contribution in [0.5, 0.6) is 0 Å². The average molecular weight is 386 g/mol. The second-order valence-electron chi connectivity index (χ2n) is 6.39. The molecule has 0 N–H and O–H groups in total. The molecule has 0 aliphatic rings. The number of benzene rings is 1. The van der Waals surface area contributed by atoms with Crippen LogP contribution in [0.25, 0.3) is 10.2 Å². The minimum Gasteiger partial charge on any atom is -0.468 e. The quantitative estimate of drug-likeness (QED) is 0.632. The molecule has 0 spiro atoms. The van der Waals surface area contributed by atoms with E-state index in [2.05, 4.69) is 23.1 Å². The van der Waals surface area contributed by atoms with Gasteiger partial charge >= 0.3 is 5.97 Å². The summed E-state index contributed by atoms with van der Waals surface area (Å²) < 4.78 is 9.19. The Labute approximate surface area is 160 Å². The zero-order valence-electron chi connectivity index (χ0n) is 15.8. The van der Waals surface area contributed by atoms with E-state index in [0.717, 1.165) is 16.6 Å². The van der Waals surface area contributed by atoms with Crippen molar-refractivity contribution in [3.8, 4) is 0 Å². The van der Waals surface area contributed by atoms with Gasteiger partial charge in [-0.05, 0) is 44.0 Å². The molecule has 0 saturated carbocycles. The Hall–Kier alpha value is -2.74. The number of aryl methyl sites for hydroxylation is 1. The predicted molar refractivity (Wildman–Crippen MR) is 104 cm³/mol. The van der Waals surface area contributed by atoms with Crippen LogP contribution in [-0.2, 0) is 22.5 Å². The summed E-state index contributed by atoms with van der Waals surface area (Å²) in [6.07, 6.45) is 2.66. The number of thiazole rings is 1. The SMILES string of the molecule is CCc1ccc2c(c1)sc(=NC(=O)c1ccn(C(C)C)n1)n2CC(=O)OC. The summed E-state index contributed by atoms with van der Waals surface area (Å²) in [6, 6.07) is 7.83. The van der Waals surface area contributed by atoms with E-state index in [-0.39, 0.29) is 18.3 Å². The first-order chi connectivity index (χ1) is 12.9. The maximum Gasteiger partial charge on any atom is 0.325 e. The highest BCUT2D eigenvalue weighted by Crippen LogP contribution is 2.20. The molecular formula is C19H22N4O3S. The van der Waals surface area contributed by atoms with Gasteiger partial charge in [0, 0.05) is 12.2 Å². The molecule has 2 aromatic heterocycles. The van der Waals surface area contributed by atoms with Crippen molar-refractivity contribution < 1.29 is 14.3 Å². The van der Waals surface area contributed by atoms with E-state index < -0.39 is 11.9 Å². The van der Waals surface area contributed by atoms with Gasteiger partial charge in [0.25, 0.3) is 5.91 Å². The smallest absolute Gasteiger partial charge is 0.325 e. The van der Waals surface area contributed by atoms with Gasteiger partial charge in [-0.2, -0.15) is 10.1 Å². The van der Waals surface area contributed by atoms with E-state index in [1.165, 1.54) is 24.0 Å². The highest BCUT2D eigenvalue weighted by molar-refractivity contribution is 7.16. The summed E-state index contributed by atoms with van der Waals surface area (Å²) in [5, 5.41) is 4.27. The maximum absolute atomic E-state index is 12.6. The molecule has 3 rings (SSSR count). The second kappa shape index (κ2) is 7.87. The van der Waals surface area contributed by atoms with Crippen molar-refractivity contribution in [1.82, 2.24) is 14.3 Å². The van der Waals surface area contributed by atoms with Crippen LogP contribution < -0.4 is 4.80 Å². The van der Waals surface area contributed by atoms with Crippen molar-refractivity contribution in [2.45, 2.75) is 39.8 Å². The second-order valence-corrected chi connectivity index (χ2v) is 7.40. The van der Waals surface area contributed by atoms with Crippen LogP contribution in [0, 0.1) is 0 Å². The van der Waals surface area contributed by atoms with E-state index in [1.807, 2.05) is 26.0 Å². The summed E-state index contributed by atoms with van der Waals surface area (Å²) in [5.41, 5.74) is 2.31. The number of amides is 1. The van der Waals surface area contributed by atoms with Gasteiger partial charge in [0.1, 0.15) is 6.54 Å². The fraction of sp³-hybridized carbons (Fsp3) is 0.368. The Morgan fingerprint density at radius 2 is 2.07 bits per heavy atom. The predicted octanol–water partition coefficient (Wildman–Crippen LogP) is 2.96. The number of carbonyl (C=O) groups excluding carboxylic acids is 2. The number of rotatable bonds is 5. The average Bonchev–Trinajstić information content (AvgIpc) is 3.27. The van der Waals surface area contributed by atoms with E-state index in [4.69, 9.17) is 4.74 Å². The molecule has 142 valence electrons. The van der Waals surface area contributed by atoms with Gasteiger partial charge in [0.05, 0.1) is 17.3 Å². The van der Waals surface area contributed by atoms with Gasteiger partial charge in [-0.25, -0.2) is 0 Å². The molecule has 0 unspecified atom stereocenters. The van der Waals surface area contributed by atoms with Crippen molar-refractivity contribution in [3.05, 3.63) is 46.5 Å². The Morgan fingerprint density at radius 1 is 1.30 bits per heavy atom. The first-order valence-corrected chi connectivity index (χ1v) is 9.57. The van der Waals surface area contributed by atoms with Crippen LogP contribution >= 0.6 is 11.3 Å². The summed E-state index contributed by atoms with van der Waals surface area (Å²) in [7, 11) is 1.34. The zero-order valence-corrected chi connectivity index (χ0v) is 16.6. The lowest BCUT2D eigenvalue weighted by molar-refractivity contribution is -0.141. The van der Waals surface area contributed by atoms with E-state index in [0.29, 0.717) is 4.80 Å². The first kappa shape index (κ1) is 19.0. The third-order valence-electron chi connectivity index (χ3n) is 4.22. The fourth-order valence-corrected chi connectivity index (χ4v) is 3.74. The Bertz CT molecular complexity index is 1060. The first-order valence-electron chi connectivity index (χ1n) is 8.76. The Balaban J connectivity index is 2.09. The Kier molecular flexibility index (Phi) is 5.55. The third-order valence-corrected chi connectivity index (χ3v) is 5.27. The molecule has 0 fully saturated rings. The minimum absolute atomic E-state index is 0.00544. The maximum atomic E-state index is 12.6. The lowest BCUT2D eigenvalue weighted by atomic mass is 10.2. The third kappa shape index (κ3) is 4.00. The molecule has 0 saturated heterocycles. The number of methoxy groups -OCH3 is 1. The summed E-state index contributed by atoms with van der Waals surface area (Å²) in [5.74, 6) is -0.831. The number of hydrogen-bond acceptors (Lipinski definition) is 5. The zero-order chi connectivity index (χ0) is 19.6. The van der Waals surface area contributed by atoms with E-state index >= 15 is 0 Å².